The van der Waals surface area contributed by atoms with Crippen LogP contribution < -0.4 is 10.2 Å². The van der Waals surface area contributed by atoms with Crippen molar-refractivity contribution in [2.75, 3.05) is 6.61 Å². The maximum absolute atomic E-state index is 11.9. The van der Waals surface area contributed by atoms with Crippen LogP contribution >= 0.6 is 31.9 Å². The monoisotopic (exact) mass is 535 g/mol. The van der Waals surface area contributed by atoms with Crippen LogP contribution in [-0.4, -0.2) is 23.7 Å². The number of carbonyl (C=O) groups is 1. The van der Waals surface area contributed by atoms with Gasteiger partial charge in [0.2, 0.25) is 0 Å². The number of nitro groups is 1. The van der Waals surface area contributed by atoms with Crippen molar-refractivity contribution in [3.8, 4) is 17.1 Å². The number of hydrazone groups is 1. The van der Waals surface area contributed by atoms with Gasteiger partial charge in [0.05, 0.1) is 20.1 Å². The number of halogens is 2. The predicted octanol–water partition coefficient (Wildman–Crippen LogP) is 5.22. The van der Waals surface area contributed by atoms with E-state index < -0.39 is 10.8 Å². The van der Waals surface area contributed by atoms with Gasteiger partial charge in [-0.2, -0.15) is 5.10 Å². The maximum Gasteiger partial charge on any atom is 0.277 e. The van der Waals surface area contributed by atoms with Gasteiger partial charge in [0.15, 0.2) is 6.61 Å². The molecule has 1 N–H and O–H groups in total. The number of rotatable bonds is 7. The van der Waals surface area contributed by atoms with Crippen molar-refractivity contribution in [1.82, 2.24) is 5.43 Å². The van der Waals surface area contributed by atoms with Gasteiger partial charge in [0, 0.05) is 17.7 Å². The molecule has 154 valence electrons. The summed E-state index contributed by atoms with van der Waals surface area (Å²) in [6.07, 6.45) is 1.33. The Morgan fingerprint density at radius 2 is 1.97 bits per heavy atom. The minimum absolute atomic E-state index is 0.0294. The van der Waals surface area contributed by atoms with Crippen molar-refractivity contribution >= 4 is 49.7 Å². The summed E-state index contributed by atoms with van der Waals surface area (Å²) in [6, 6.07) is 13.2. The van der Waals surface area contributed by atoms with Crippen molar-refractivity contribution in [3.05, 3.63) is 78.9 Å². The highest BCUT2D eigenvalue weighted by atomic mass is 79.9. The standard InChI is InChI=1S/C20H15Br2N3O5/c1-12-7-16(21)20(17(22)8-12)29-11-19(26)24-23-10-15-5-6-18(30-15)13-3-2-4-14(9-13)25(27)28/h2-10H,11H2,1H3,(H,24,26). The molecule has 0 fully saturated rings. The van der Waals surface area contributed by atoms with Crippen LogP contribution in [0.2, 0.25) is 0 Å². The molecule has 0 radical (unpaired) electrons. The van der Waals surface area contributed by atoms with Gasteiger partial charge in [-0.05, 0) is 68.6 Å². The van der Waals surface area contributed by atoms with Crippen LogP contribution in [0, 0.1) is 17.0 Å². The number of carbonyl (C=O) groups excluding carboxylic acids is 1. The minimum atomic E-state index is -0.472. The Bertz CT molecular complexity index is 1100. The fraction of sp³-hybridized carbons (Fsp3) is 0.100. The molecule has 0 unspecified atom stereocenters. The molecule has 0 spiro atoms. The smallest absolute Gasteiger partial charge is 0.277 e. The quantitative estimate of drug-likeness (QED) is 0.253. The van der Waals surface area contributed by atoms with Crippen LogP contribution in [-0.2, 0) is 4.79 Å². The van der Waals surface area contributed by atoms with Crippen LogP contribution in [0.1, 0.15) is 11.3 Å². The zero-order valence-electron chi connectivity index (χ0n) is 15.6. The number of furan rings is 1. The second-order valence-electron chi connectivity index (χ2n) is 6.15. The first-order valence-corrected chi connectivity index (χ1v) is 10.2. The third kappa shape index (κ3) is 5.55. The SMILES string of the molecule is Cc1cc(Br)c(OCC(=O)NN=Cc2ccc(-c3cccc([N+](=O)[O-])c3)o2)c(Br)c1. The second kappa shape index (κ2) is 9.68. The number of nitro benzene ring substituents is 1. The predicted molar refractivity (Wildman–Crippen MR) is 119 cm³/mol. The maximum atomic E-state index is 11.9. The summed E-state index contributed by atoms with van der Waals surface area (Å²) in [5.41, 5.74) is 3.93. The molecular weight excluding hydrogens is 522 g/mol. The highest BCUT2D eigenvalue weighted by molar-refractivity contribution is 9.11. The topological polar surface area (TPSA) is 107 Å². The molecule has 1 amide bonds. The molecule has 30 heavy (non-hydrogen) atoms. The molecule has 0 saturated heterocycles. The lowest BCUT2D eigenvalue weighted by molar-refractivity contribution is -0.384. The summed E-state index contributed by atoms with van der Waals surface area (Å²) < 4.78 is 12.6. The van der Waals surface area contributed by atoms with Crippen LogP contribution in [0.15, 0.2) is 67.0 Å². The molecule has 0 bridgehead atoms. The van der Waals surface area contributed by atoms with Crippen molar-refractivity contribution < 1.29 is 18.9 Å². The van der Waals surface area contributed by atoms with Crippen molar-refractivity contribution in [3.63, 3.8) is 0 Å². The van der Waals surface area contributed by atoms with Crippen molar-refractivity contribution in [2.45, 2.75) is 6.92 Å². The van der Waals surface area contributed by atoms with Crippen LogP contribution in [0.25, 0.3) is 11.3 Å². The molecule has 1 heterocycles. The Balaban J connectivity index is 1.57. The number of aryl methyl sites for hydroxylation is 1. The average Bonchev–Trinajstić information content (AvgIpc) is 3.16. The number of non-ortho nitro benzene ring substituents is 1. The third-order valence-electron chi connectivity index (χ3n) is 3.84. The molecule has 10 heteroatoms. The first-order valence-electron chi connectivity index (χ1n) is 8.58. The Morgan fingerprint density at radius 3 is 2.67 bits per heavy atom. The van der Waals surface area contributed by atoms with Crippen molar-refractivity contribution in [2.24, 2.45) is 5.10 Å². The number of amides is 1. The number of ether oxygens (including phenoxy) is 1. The molecule has 2 aromatic carbocycles. The zero-order valence-corrected chi connectivity index (χ0v) is 18.8. The van der Waals surface area contributed by atoms with Gasteiger partial charge < -0.3 is 9.15 Å². The van der Waals surface area contributed by atoms with E-state index in [1.165, 1.54) is 18.3 Å². The van der Waals surface area contributed by atoms with E-state index >= 15 is 0 Å². The molecule has 0 aliphatic carbocycles. The van der Waals surface area contributed by atoms with Gasteiger partial charge >= 0.3 is 0 Å². The normalized spacial score (nSPS) is 10.9. The van der Waals surface area contributed by atoms with E-state index in [4.69, 9.17) is 9.15 Å². The Labute approximate surface area is 188 Å². The first kappa shape index (κ1) is 21.7. The first-order chi connectivity index (χ1) is 14.3. The Kier molecular flexibility index (Phi) is 7.01. The van der Waals surface area contributed by atoms with Crippen molar-refractivity contribution in [1.29, 1.82) is 0 Å². The van der Waals surface area contributed by atoms with Gasteiger partial charge in [-0.1, -0.05) is 12.1 Å². The van der Waals surface area contributed by atoms with Crippen LogP contribution in [0.5, 0.6) is 5.75 Å². The Morgan fingerprint density at radius 1 is 1.23 bits per heavy atom. The minimum Gasteiger partial charge on any atom is -0.481 e. The molecule has 3 rings (SSSR count). The van der Waals surface area contributed by atoms with Crippen LogP contribution in [0.3, 0.4) is 0 Å². The number of nitrogens with one attached hydrogen (secondary N) is 1. The summed E-state index contributed by atoms with van der Waals surface area (Å²) in [4.78, 5) is 22.4. The van der Waals surface area contributed by atoms with E-state index in [0.717, 1.165) is 14.5 Å². The molecule has 0 saturated carbocycles. The van der Waals surface area contributed by atoms with E-state index in [2.05, 4.69) is 42.4 Å². The van der Waals surface area contributed by atoms with Gasteiger partial charge in [-0.3, -0.25) is 14.9 Å². The van der Waals surface area contributed by atoms with Gasteiger partial charge in [-0.25, -0.2) is 5.43 Å². The third-order valence-corrected chi connectivity index (χ3v) is 5.02. The lowest BCUT2D eigenvalue weighted by Crippen LogP contribution is -2.24. The number of nitrogens with zero attached hydrogens (tertiary/aromatic N) is 2. The van der Waals surface area contributed by atoms with E-state index in [9.17, 15) is 14.9 Å². The average molecular weight is 537 g/mol. The van der Waals surface area contributed by atoms with Gasteiger partial charge in [0.25, 0.3) is 11.6 Å². The molecular formula is C20H15Br2N3O5. The summed E-state index contributed by atoms with van der Waals surface area (Å²) in [7, 11) is 0. The number of benzene rings is 2. The molecule has 0 aliphatic rings. The van der Waals surface area contributed by atoms with Gasteiger partial charge in [0.1, 0.15) is 17.3 Å². The Hall–Kier alpha value is -2.98. The highest BCUT2D eigenvalue weighted by Crippen LogP contribution is 2.34. The van der Waals surface area contributed by atoms with Gasteiger partial charge in [-0.15, -0.1) is 0 Å². The largest absolute Gasteiger partial charge is 0.481 e. The van der Waals surface area contributed by atoms with Crippen LogP contribution in [0.4, 0.5) is 5.69 Å². The fourth-order valence-corrected chi connectivity index (χ4v) is 4.16. The molecule has 1 aromatic heterocycles. The number of hydrogen-bond donors (Lipinski definition) is 1. The molecule has 0 aliphatic heterocycles. The summed E-state index contributed by atoms with van der Waals surface area (Å²) >= 11 is 6.80. The zero-order chi connectivity index (χ0) is 21.7. The molecule has 0 atom stereocenters. The molecule has 3 aromatic rings. The van der Waals surface area contributed by atoms with E-state index in [0.29, 0.717) is 22.8 Å². The lowest BCUT2D eigenvalue weighted by Gasteiger charge is -2.10. The molecule has 8 nitrogen and oxygen atoms in total. The summed E-state index contributed by atoms with van der Waals surface area (Å²) in [5, 5.41) is 14.7. The van der Waals surface area contributed by atoms with E-state index in [1.54, 1.807) is 24.3 Å². The summed E-state index contributed by atoms with van der Waals surface area (Å²) in [6.45, 7) is 1.72. The lowest BCUT2D eigenvalue weighted by atomic mass is 10.1. The van der Waals surface area contributed by atoms with E-state index in [1.807, 2.05) is 19.1 Å². The van der Waals surface area contributed by atoms with E-state index in [-0.39, 0.29) is 12.3 Å². The fourth-order valence-electron chi connectivity index (χ4n) is 2.51. The number of hydrogen-bond acceptors (Lipinski definition) is 6. The highest BCUT2D eigenvalue weighted by Gasteiger charge is 2.11. The second-order valence-corrected chi connectivity index (χ2v) is 7.86. The summed E-state index contributed by atoms with van der Waals surface area (Å²) in [5.74, 6) is 0.897.